The van der Waals surface area contributed by atoms with Crippen molar-refractivity contribution in [1.82, 2.24) is 10.2 Å². The molecule has 0 aromatic heterocycles. The van der Waals surface area contributed by atoms with Gasteiger partial charge in [-0.3, -0.25) is 9.59 Å². The number of rotatable bonds is 11. The molecule has 0 bridgehead atoms. The van der Waals surface area contributed by atoms with Crippen LogP contribution in [0.3, 0.4) is 0 Å². The zero-order chi connectivity index (χ0) is 25.2. The minimum atomic E-state index is -0.0810. The van der Waals surface area contributed by atoms with Crippen molar-refractivity contribution in [3.8, 4) is 23.0 Å². The van der Waals surface area contributed by atoms with Gasteiger partial charge in [-0.05, 0) is 61.9 Å². The van der Waals surface area contributed by atoms with Crippen LogP contribution in [0.1, 0.15) is 42.1 Å². The molecule has 2 aromatic carbocycles. The summed E-state index contributed by atoms with van der Waals surface area (Å²) < 4.78 is 21.5. The lowest BCUT2D eigenvalue weighted by atomic mass is 9.92. The molecule has 0 aliphatic carbocycles. The molecule has 0 spiro atoms. The smallest absolute Gasteiger partial charge is 0.254 e. The van der Waals surface area contributed by atoms with Gasteiger partial charge < -0.3 is 29.2 Å². The summed E-state index contributed by atoms with van der Waals surface area (Å²) >= 11 is 0. The van der Waals surface area contributed by atoms with Crippen molar-refractivity contribution < 1.29 is 28.5 Å². The molecule has 3 rings (SSSR count). The largest absolute Gasteiger partial charge is 0.494 e. The Labute approximate surface area is 207 Å². The highest BCUT2D eigenvalue weighted by Crippen LogP contribution is 2.38. The molecule has 8 nitrogen and oxygen atoms in total. The van der Waals surface area contributed by atoms with Gasteiger partial charge in [0.15, 0.2) is 11.5 Å². The Morgan fingerprint density at radius 3 is 2.14 bits per heavy atom. The van der Waals surface area contributed by atoms with Gasteiger partial charge in [-0.2, -0.15) is 0 Å². The third-order valence-electron chi connectivity index (χ3n) is 6.26. The second-order valence-corrected chi connectivity index (χ2v) is 8.53. The second kappa shape index (κ2) is 12.9. The number of amides is 2. The van der Waals surface area contributed by atoms with Crippen LogP contribution in [-0.4, -0.2) is 64.3 Å². The zero-order valence-corrected chi connectivity index (χ0v) is 21.1. The fraction of sp³-hybridized carbons (Fsp3) is 0.481. The van der Waals surface area contributed by atoms with E-state index in [0.717, 1.165) is 30.6 Å². The van der Waals surface area contributed by atoms with Crippen LogP contribution in [0.5, 0.6) is 23.0 Å². The number of piperidine rings is 1. The highest BCUT2D eigenvalue weighted by Gasteiger charge is 2.26. The van der Waals surface area contributed by atoms with Gasteiger partial charge in [0, 0.05) is 31.6 Å². The first-order valence-electron chi connectivity index (χ1n) is 12.1. The van der Waals surface area contributed by atoms with E-state index in [1.807, 2.05) is 36.1 Å². The van der Waals surface area contributed by atoms with Crippen LogP contribution in [0.25, 0.3) is 0 Å². The van der Waals surface area contributed by atoms with Gasteiger partial charge >= 0.3 is 0 Å². The van der Waals surface area contributed by atoms with Crippen LogP contribution in [-0.2, 0) is 11.2 Å². The quantitative estimate of drug-likeness (QED) is 0.523. The molecule has 1 heterocycles. The van der Waals surface area contributed by atoms with E-state index in [-0.39, 0.29) is 17.7 Å². The molecule has 0 radical (unpaired) electrons. The SMILES string of the molecule is CCOc1ccc(CCNC(=O)CC2CCN(C(=O)c3cc(OC)c(OC)c(OC)c3)CC2)cc1. The van der Waals surface area contributed by atoms with Crippen LogP contribution in [0, 0.1) is 5.92 Å². The number of carbonyl (C=O) groups is 2. The van der Waals surface area contributed by atoms with Crippen molar-refractivity contribution in [2.75, 3.05) is 47.6 Å². The first-order chi connectivity index (χ1) is 17.0. The van der Waals surface area contributed by atoms with E-state index in [1.54, 1.807) is 12.1 Å². The lowest BCUT2D eigenvalue weighted by molar-refractivity contribution is -0.122. The number of carbonyl (C=O) groups excluding carboxylic acids is 2. The maximum Gasteiger partial charge on any atom is 0.254 e. The minimum absolute atomic E-state index is 0.0605. The van der Waals surface area contributed by atoms with Gasteiger partial charge in [-0.15, -0.1) is 0 Å². The molecular weight excluding hydrogens is 448 g/mol. The molecule has 2 aromatic rings. The van der Waals surface area contributed by atoms with Crippen molar-refractivity contribution in [2.24, 2.45) is 5.92 Å². The molecule has 1 saturated heterocycles. The Kier molecular flexibility index (Phi) is 9.64. The Morgan fingerprint density at radius 2 is 1.60 bits per heavy atom. The highest BCUT2D eigenvalue weighted by molar-refractivity contribution is 5.95. The lowest BCUT2D eigenvalue weighted by Gasteiger charge is -2.32. The van der Waals surface area contributed by atoms with E-state index in [9.17, 15) is 9.59 Å². The third-order valence-corrected chi connectivity index (χ3v) is 6.26. The van der Waals surface area contributed by atoms with E-state index < -0.39 is 0 Å². The fourth-order valence-corrected chi connectivity index (χ4v) is 4.33. The molecule has 8 heteroatoms. The topological polar surface area (TPSA) is 86.3 Å². The van der Waals surface area contributed by atoms with Crippen LogP contribution in [0.4, 0.5) is 0 Å². The maximum atomic E-state index is 13.1. The van der Waals surface area contributed by atoms with Crippen LogP contribution in [0.15, 0.2) is 36.4 Å². The summed E-state index contributed by atoms with van der Waals surface area (Å²) in [5.74, 6) is 2.46. The Morgan fingerprint density at radius 1 is 0.971 bits per heavy atom. The lowest BCUT2D eigenvalue weighted by Crippen LogP contribution is -2.39. The minimum Gasteiger partial charge on any atom is -0.494 e. The monoisotopic (exact) mass is 484 g/mol. The predicted molar refractivity (Wildman–Crippen MR) is 134 cm³/mol. The number of methoxy groups -OCH3 is 3. The average molecular weight is 485 g/mol. The molecule has 2 amide bonds. The van der Waals surface area contributed by atoms with Gasteiger partial charge in [-0.1, -0.05) is 12.1 Å². The van der Waals surface area contributed by atoms with E-state index >= 15 is 0 Å². The summed E-state index contributed by atoms with van der Waals surface area (Å²) in [4.78, 5) is 27.3. The van der Waals surface area contributed by atoms with E-state index in [0.29, 0.717) is 55.5 Å². The van der Waals surface area contributed by atoms with Gasteiger partial charge in [0.1, 0.15) is 5.75 Å². The number of hydrogen-bond donors (Lipinski definition) is 1. The maximum absolute atomic E-state index is 13.1. The summed E-state index contributed by atoms with van der Waals surface area (Å²) in [6.07, 6.45) is 2.85. The van der Waals surface area contributed by atoms with Crippen molar-refractivity contribution in [1.29, 1.82) is 0 Å². The average Bonchev–Trinajstić information content (AvgIpc) is 2.89. The summed E-state index contributed by atoms with van der Waals surface area (Å²) in [5, 5.41) is 3.02. The molecule has 0 unspecified atom stereocenters. The van der Waals surface area contributed by atoms with Crippen molar-refractivity contribution >= 4 is 11.8 Å². The molecule has 190 valence electrons. The van der Waals surface area contributed by atoms with Gasteiger partial charge in [0.25, 0.3) is 5.91 Å². The number of ether oxygens (including phenoxy) is 4. The summed E-state index contributed by atoms with van der Waals surface area (Å²) in [7, 11) is 4.59. The molecule has 1 N–H and O–H groups in total. The predicted octanol–water partition coefficient (Wildman–Crippen LogP) is 3.71. The van der Waals surface area contributed by atoms with Crippen LogP contribution < -0.4 is 24.3 Å². The summed E-state index contributed by atoms with van der Waals surface area (Å²) in [5.41, 5.74) is 1.65. The Balaban J connectivity index is 1.44. The van der Waals surface area contributed by atoms with Gasteiger partial charge in [0.05, 0.1) is 27.9 Å². The zero-order valence-electron chi connectivity index (χ0n) is 21.1. The second-order valence-electron chi connectivity index (χ2n) is 8.53. The van der Waals surface area contributed by atoms with Crippen LogP contribution >= 0.6 is 0 Å². The highest BCUT2D eigenvalue weighted by atomic mass is 16.5. The van der Waals surface area contributed by atoms with Crippen molar-refractivity contribution in [3.63, 3.8) is 0 Å². The molecule has 0 atom stereocenters. The standard InChI is InChI=1S/C27H36N2O6/c1-5-35-22-8-6-19(7-9-22)10-13-28-25(30)16-20-11-14-29(15-12-20)27(31)21-17-23(32-2)26(34-4)24(18-21)33-3/h6-9,17-18,20H,5,10-16H2,1-4H3,(H,28,30). The summed E-state index contributed by atoms with van der Waals surface area (Å²) in [6.45, 7) is 4.43. The molecule has 1 fully saturated rings. The van der Waals surface area contributed by atoms with Crippen molar-refractivity contribution in [3.05, 3.63) is 47.5 Å². The van der Waals surface area contributed by atoms with Gasteiger partial charge in [0.2, 0.25) is 11.7 Å². The number of benzene rings is 2. The van der Waals surface area contributed by atoms with E-state index in [2.05, 4.69) is 5.32 Å². The number of hydrogen-bond acceptors (Lipinski definition) is 6. The summed E-state index contributed by atoms with van der Waals surface area (Å²) in [6, 6.07) is 11.3. The first kappa shape index (κ1) is 26.2. The van der Waals surface area contributed by atoms with Crippen LogP contribution in [0.2, 0.25) is 0 Å². The molecule has 1 aliphatic rings. The molecule has 1 aliphatic heterocycles. The molecular formula is C27H36N2O6. The van der Waals surface area contributed by atoms with E-state index in [1.165, 1.54) is 21.3 Å². The first-order valence-corrected chi connectivity index (χ1v) is 12.1. The van der Waals surface area contributed by atoms with Crippen molar-refractivity contribution in [2.45, 2.75) is 32.6 Å². The normalized spacial score (nSPS) is 13.8. The number of nitrogens with one attached hydrogen (secondary N) is 1. The Hall–Kier alpha value is -3.42. The molecule has 35 heavy (non-hydrogen) atoms. The Bertz CT molecular complexity index is 959. The number of nitrogens with zero attached hydrogens (tertiary/aromatic N) is 1. The molecule has 0 saturated carbocycles. The van der Waals surface area contributed by atoms with E-state index in [4.69, 9.17) is 18.9 Å². The third kappa shape index (κ3) is 7.04. The number of likely N-dealkylation sites (tertiary alicyclic amines) is 1. The van der Waals surface area contributed by atoms with Gasteiger partial charge in [-0.25, -0.2) is 0 Å². The fourth-order valence-electron chi connectivity index (χ4n) is 4.33.